The fraction of sp³-hybridized carbons (Fsp3) is 0.471. The van der Waals surface area contributed by atoms with Crippen LogP contribution in [-0.4, -0.2) is 39.1 Å². The van der Waals surface area contributed by atoms with Crippen LogP contribution in [0, 0.1) is 0 Å². The van der Waals surface area contributed by atoms with Gasteiger partial charge in [0, 0.05) is 24.5 Å². The highest BCUT2D eigenvalue weighted by molar-refractivity contribution is 8.00. The minimum atomic E-state index is -4.71. The van der Waals surface area contributed by atoms with Gasteiger partial charge >= 0.3 is 6.18 Å². The van der Waals surface area contributed by atoms with Crippen molar-refractivity contribution in [2.75, 3.05) is 29.1 Å². The fourth-order valence-corrected chi connectivity index (χ4v) is 3.68. The standard InChI is InChI=1S/C17H21F3N6OS/c1-11(28-16-24-23-15(26(16)21)17(18,19)20)14(27)22-12-5-7-13(8-6-12)25-9-3-2-4-10-25/h5-8,11H,2-4,9-10,21H2,1H3,(H,22,27). The zero-order valence-corrected chi connectivity index (χ0v) is 16.1. The summed E-state index contributed by atoms with van der Waals surface area (Å²) in [7, 11) is 0. The van der Waals surface area contributed by atoms with Gasteiger partial charge in [0.2, 0.25) is 11.1 Å². The molecular formula is C17H21F3N6OS. The molecule has 2 aromatic rings. The summed E-state index contributed by atoms with van der Waals surface area (Å²) in [5.41, 5.74) is 1.72. The number of carbonyl (C=O) groups is 1. The zero-order chi connectivity index (χ0) is 20.3. The molecule has 0 saturated carbocycles. The van der Waals surface area contributed by atoms with Gasteiger partial charge in [0.1, 0.15) is 0 Å². The number of anilines is 2. The van der Waals surface area contributed by atoms with Gasteiger partial charge in [0.05, 0.1) is 5.25 Å². The molecule has 0 spiro atoms. The molecule has 1 atom stereocenters. The molecule has 11 heteroatoms. The number of alkyl halides is 3. The molecule has 1 aromatic carbocycles. The number of thioether (sulfide) groups is 1. The maximum absolute atomic E-state index is 12.7. The maximum atomic E-state index is 12.7. The average Bonchev–Trinajstić information content (AvgIpc) is 3.03. The first-order valence-corrected chi connectivity index (χ1v) is 9.74. The lowest BCUT2D eigenvalue weighted by Crippen LogP contribution is -2.29. The van der Waals surface area contributed by atoms with Crippen molar-refractivity contribution < 1.29 is 18.0 Å². The number of amides is 1. The molecule has 3 rings (SSSR count). The maximum Gasteiger partial charge on any atom is 0.453 e. The minimum Gasteiger partial charge on any atom is -0.372 e. The topological polar surface area (TPSA) is 89.1 Å². The number of nitrogen functional groups attached to an aromatic ring is 1. The number of piperidine rings is 1. The second kappa shape index (κ2) is 8.29. The predicted molar refractivity (Wildman–Crippen MR) is 102 cm³/mol. The van der Waals surface area contributed by atoms with E-state index in [0.29, 0.717) is 10.4 Å². The lowest BCUT2D eigenvalue weighted by molar-refractivity contribution is -0.146. The molecule has 1 fully saturated rings. The average molecular weight is 414 g/mol. The van der Waals surface area contributed by atoms with E-state index in [4.69, 9.17) is 5.84 Å². The first-order valence-electron chi connectivity index (χ1n) is 8.86. The second-order valence-electron chi connectivity index (χ2n) is 6.52. The summed E-state index contributed by atoms with van der Waals surface area (Å²) >= 11 is 0.804. The van der Waals surface area contributed by atoms with Crippen molar-refractivity contribution in [3.05, 3.63) is 30.1 Å². The zero-order valence-electron chi connectivity index (χ0n) is 15.2. The third kappa shape index (κ3) is 4.70. The van der Waals surface area contributed by atoms with Crippen molar-refractivity contribution in [1.82, 2.24) is 14.9 Å². The number of rotatable bonds is 5. The molecule has 1 aliphatic heterocycles. The van der Waals surface area contributed by atoms with Gasteiger partial charge in [-0.25, -0.2) is 4.68 Å². The molecule has 1 aliphatic rings. The molecular weight excluding hydrogens is 393 g/mol. The number of halogens is 3. The summed E-state index contributed by atoms with van der Waals surface area (Å²) in [5.74, 6) is 3.71. The van der Waals surface area contributed by atoms with Crippen molar-refractivity contribution in [2.45, 2.75) is 42.8 Å². The van der Waals surface area contributed by atoms with E-state index in [1.807, 2.05) is 24.3 Å². The summed E-state index contributed by atoms with van der Waals surface area (Å²) in [5, 5.41) is 8.32. The number of benzene rings is 1. The minimum absolute atomic E-state index is 0.185. The number of carbonyl (C=O) groups excluding carboxylic acids is 1. The molecule has 1 amide bonds. The molecule has 1 aromatic heterocycles. The normalized spacial score (nSPS) is 16.1. The first kappa shape index (κ1) is 20.3. The highest BCUT2D eigenvalue weighted by atomic mass is 32.2. The van der Waals surface area contributed by atoms with Crippen LogP contribution < -0.4 is 16.1 Å². The van der Waals surface area contributed by atoms with Crippen LogP contribution in [0.25, 0.3) is 0 Å². The van der Waals surface area contributed by atoms with Crippen LogP contribution in [0.2, 0.25) is 0 Å². The molecule has 7 nitrogen and oxygen atoms in total. The van der Waals surface area contributed by atoms with Crippen molar-refractivity contribution >= 4 is 29.0 Å². The number of nitrogens with zero attached hydrogens (tertiary/aromatic N) is 4. The van der Waals surface area contributed by atoms with Crippen LogP contribution >= 0.6 is 11.8 Å². The van der Waals surface area contributed by atoms with Crippen LogP contribution in [0.4, 0.5) is 24.5 Å². The van der Waals surface area contributed by atoms with E-state index < -0.39 is 17.3 Å². The monoisotopic (exact) mass is 414 g/mol. The Balaban J connectivity index is 1.59. The molecule has 152 valence electrons. The van der Waals surface area contributed by atoms with E-state index in [-0.39, 0.29) is 11.1 Å². The fourth-order valence-electron chi connectivity index (χ4n) is 2.91. The number of hydrogen-bond donors (Lipinski definition) is 2. The van der Waals surface area contributed by atoms with E-state index in [2.05, 4.69) is 20.4 Å². The molecule has 1 saturated heterocycles. The van der Waals surface area contributed by atoms with Crippen LogP contribution in [-0.2, 0) is 11.0 Å². The Morgan fingerprint density at radius 2 is 1.82 bits per heavy atom. The lowest BCUT2D eigenvalue weighted by Gasteiger charge is -2.28. The summed E-state index contributed by atoms with van der Waals surface area (Å²) in [6.45, 7) is 3.61. The van der Waals surface area contributed by atoms with Crippen LogP contribution in [0.5, 0.6) is 0 Å². The Hall–Kier alpha value is -2.43. The van der Waals surface area contributed by atoms with Crippen molar-refractivity contribution in [3.63, 3.8) is 0 Å². The van der Waals surface area contributed by atoms with Gasteiger partial charge in [-0.3, -0.25) is 4.79 Å². The number of nitrogens with one attached hydrogen (secondary N) is 1. The highest BCUT2D eigenvalue weighted by Gasteiger charge is 2.38. The third-order valence-electron chi connectivity index (χ3n) is 4.43. The largest absolute Gasteiger partial charge is 0.453 e. The molecule has 0 radical (unpaired) electrons. The second-order valence-corrected chi connectivity index (χ2v) is 7.83. The van der Waals surface area contributed by atoms with E-state index in [1.54, 1.807) is 6.92 Å². The molecule has 28 heavy (non-hydrogen) atoms. The SMILES string of the molecule is CC(Sc1nnc(C(F)(F)F)n1N)C(=O)Nc1ccc(N2CCCCC2)cc1. The van der Waals surface area contributed by atoms with Gasteiger partial charge in [-0.2, -0.15) is 13.2 Å². The van der Waals surface area contributed by atoms with E-state index in [1.165, 1.54) is 19.3 Å². The Bertz CT molecular complexity index is 817. The smallest absolute Gasteiger partial charge is 0.372 e. The molecule has 0 bridgehead atoms. The van der Waals surface area contributed by atoms with Gasteiger partial charge < -0.3 is 16.1 Å². The highest BCUT2D eigenvalue weighted by Crippen LogP contribution is 2.30. The Kier molecular flexibility index (Phi) is 6.01. The summed E-state index contributed by atoms with van der Waals surface area (Å²) < 4.78 is 38.5. The Morgan fingerprint density at radius 3 is 2.39 bits per heavy atom. The molecule has 3 N–H and O–H groups in total. The van der Waals surface area contributed by atoms with Gasteiger partial charge in [0.25, 0.3) is 5.82 Å². The summed E-state index contributed by atoms with van der Waals surface area (Å²) in [6, 6.07) is 7.52. The van der Waals surface area contributed by atoms with Gasteiger partial charge in [0.15, 0.2) is 0 Å². The van der Waals surface area contributed by atoms with Crippen LogP contribution in [0.15, 0.2) is 29.4 Å². The Labute approximate surface area is 164 Å². The number of nitrogens with two attached hydrogens (primary N) is 1. The molecule has 1 unspecified atom stereocenters. The van der Waals surface area contributed by atoms with E-state index in [0.717, 1.165) is 30.5 Å². The lowest BCUT2D eigenvalue weighted by atomic mass is 10.1. The van der Waals surface area contributed by atoms with Gasteiger partial charge in [-0.05, 0) is 50.5 Å². The quantitative estimate of drug-likeness (QED) is 0.577. The molecule has 0 aliphatic carbocycles. The van der Waals surface area contributed by atoms with E-state index in [9.17, 15) is 18.0 Å². The summed E-state index contributed by atoms with van der Waals surface area (Å²) in [6.07, 6.45) is -1.10. The van der Waals surface area contributed by atoms with Gasteiger partial charge in [-0.15, -0.1) is 10.2 Å². The number of aromatic nitrogens is 3. The number of hydrogen-bond acceptors (Lipinski definition) is 6. The Morgan fingerprint density at radius 1 is 1.18 bits per heavy atom. The van der Waals surface area contributed by atoms with Crippen molar-refractivity contribution in [2.24, 2.45) is 0 Å². The molecule has 2 heterocycles. The predicted octanol–water partition coefficient (Wildman–Crippen LogP) is 3.12. The van der Waals surface area contributed by atoms with Crippen LogP contribution in [0.3, 0.4) is 0 Å². The first-order chi connectivity index (χ1) is 13.3. The van der Waals surface area contributed by atoms with Gasteiger partial charge in [-0.1, -0.05) is 11.8 Å². The van der Waals surface area contributed by atoms with Crippen molar-refractivity contribution in [1.29, 1.82) is 0 Å². The van der Waals surface area contributed by atoms with Crippen LogP contribution in [0.1, 0.15) is 32.0 Å². The van der Waals surface area contributed by atoms with Crippen molar-refractivity contribution in [3.8, 4) is 0 Å². The third-order valence-corrected chi connectivity index (χ3v) is 5.48. The van der Waals surface area contributed by atoms with E-state index >= 15 is 0 Å². The summed E-state index contributed by atoms with van der Waals surface area (Å²) in [4.78, 5) is 14.7.